The van der Waals surface area contributed by atoms with Crippen molar-refractivity contribution in [1.29, 1.82) is 0 Å². The summed E-state index contributed by atoms with van der Waals surface area (Å²) in [7, 11) is -0.0771. The third-order valence-corrected chi connectivity index (χ3v) is 6.58. The molecule has 0 saturated carbocycles. The second-order valence-corrected chi connectivity index (χ2v) is 10.7. The Kier molecular flexibility index (Phi) is 8.51. The van der Waals surface area contributed by atoms with Crippen LogP contribution in [0, 0.1) is 5.92 Å². The van der Waals surface area contributed by atoms with Crippen molar-refractivity contribution < 1.29 is 22.7 Å². The van der Waals surface area contributed by atoms with Gasteiger partial charge in [0, 0.05) is 52.1 Å². The number of ether oxygens (including phenoxy) is 2. The Balaban J connectivity index is 1.96. The quantitative estimate of drug-likeness (QED) is 0.687. The number of benzene rings is 1. The number of aromatic nitrogens is 1. The number of nitrogens with one attached hydrogen (secondary N) is 1. The number of fused-ring (bicyclic) bond motifs is 1. The Morgan fingerprint density at radius 2 is 1.97 bits per heavy atom. The predicted molar refractivity (Wildman–Crippen MR) is 131 cm³/mol. The highest BCUT2D eigenvalue weighted by molar-refractivity contribution is 7.92. The van der Waals surface area contributed by atoms with Crippen molar-refractivity contribution in [1.82, 2.24) is 14.8 Å². The van der Waals surface area contributed by atoms with E-state index < -0.39 is 10.0 Å². The highest BCUT2D eigenvalue weighted by Gasteiger charge is 2.28. The third-order valence-electron chi connectivity index (χ3n) is 5.97. The van der Waals surface area contributed by atoms with Gasteiger partial charge in [-0.25, -0.2) is 8.42 Å². The fourth-order valence-corrected chi connectivity index (χ4v) is 4.60. The Labute approximate surface area is 202 Å². The van der Waals surface area contributed by atoms with Crippen LogP contribution in [0.15, 0.2) is 42.6 Å². The molecule has 3 atom stereocenters. The average molecular weight is 491 g/mol. The molecule has 0 spiro atoms. The summed E-state index contributed by atoms with van der Waals surface area (Å²) in [5, 5.41) is 0. The van der Waals surface area contributed by atoms with Crippen molar-refractivity contribution in [2.45, 2.75) is 32.5 Å². The molecule has 1 aromatic carbocycles. The van der Waals surface area contributed by atoms with Crippen LogP contribution in [-0.4, -0.2) is 81.4 Å². The summed E-state index contributed by atoms with van der Waals surface area (Å²) in [5.41, 5.74) is 1.66. The maximum absolute atomic E-state index is 13.2. The van der Waals surface area contributed by atoms with E-state index >= 15 is 0 Å². The molecule has 2 aromatic rings. The Hall–Kier alpha value is -2.69. The highest BCUT2D eigenvalue weighted by Crippen LogP contribution is 2.27. The number of anilines is 1. The van der Waals surface area contributed by atoms with E-state index in [0.717, 1.165) is 18.5 Å². The molecule has 1 N–H and O–H groups in total. The maximum atomic E-state index is 13.2. The lowest BCUT2D eigenvalue weighted by atomic mass is 10.0. The SMILES string of the molecule is CO[C@H]1CN(C)C(=O)c2ccc(NS(C)(=O)=O)cc2OC[C@@H](C)N(Cc2ccccn2)C[C@H]1C. The minimum atomic E-state index is -3.47. The van der Waals surface area contributed by atoms with E-state index in [1.165, 1.54) is 0 Å². The van der Waals surface area contributed by atoms with Crippen LogP contribution < -0.4 is 9.46 Å². The van der Waals surface area contributed by atoms with Crippen molar-refractivity contribution in [2.24, 2.45) is 5.92 Å². The second kappa shape index (κ2) is 11.2. The van der Waals surface area contributed by atoms with Crippen molar-refractivity contribution in [3.63, 3.8) is 0 Å². The number of pyridine rings is 1. The van der Waals surface area contributed by atoms with E-state index in [2.05, 4.69) is 28.5 Å². The number of likely N-dealkylation sites (N-methyl/N-ethyl adjacent to an activating group) is 1. The highest BCUT2D eigenvalue weighted by atomic mass is 32.2. The lowest BCUT2D eigenvalue weighted by Crippen LogP contribution is -2.46. The molecule has 3 rings (SSSR count). The van der Waals surface area contributed by atoms with Crippen LogP contribution in [0.3, 0.4) is 0 Å². The maximum Gasteiger partial charge on any atom is 0.257 e. The molecule has 1 aromatic heterocycles. The standard InChI is InChI=1S/C24H34N4O5S/c1-17-13-28(14-20-8-6-7-11-25-20)18(2)16-33-22-12-19(26-34(5,30)31)9-10-21(22)24(29)27(3)15-23(17)32-4/h6-12,17-18,23,26H,13-16H2,1-5H3/t17-,18-,23+/m1/s1. The molecular formula is C24H34N4O5S. The van der Waals surface area contributed by atoms with Gasteiger partial charge in [-0.2, -0.15) is 0 Å². The van der Waals surface area contributed by atoms with E-state index in [1.807, 2.05) is 18.2 Å². The predicted octanol–water partition coefficient (Wildman–Crippen LogP) is 2.46. The topological polar surface area (TPSA) is 101 Å². The minimum absolute atomic E-state index is 0.00593. The summed E-state index contributed by atoms with van der Waals surface area (Å²) >= 11 is 0. The number of hydrogen-bond donors (Lipinski definition) is 1. The summed E-state index contributed by atoms with van der Waals surface area (Å²) in [6.07, 6.45) is 2.69. The van der Waals surface area contributed by atoms with Gasteiger partial charge in [-0.3, -0.25) is 19.4 Å². The molecule has 10 heteroatoms. The van der Waals surface area contributed by atoms with Crippen molar-refractivity contribution in [3.8, 4) is 5.75 Å². The smallest absolute Gasteiger partial charge is 0.257 e. The lowest BCUT2D eigenvalue weighted by molar-refractivity contribution is 0.00901. The summed E-state index contributed by atoms with van der Waals surface area (Å²) in [6, 6.07) is 10.6. The van der Waals surface area contributed by atoms with Crippen LogP contribution in [0.5, 0.6) is 5.75 Å². The van der Waals surface area contributed by atoms with Gasteiger partial charge >= 0.3 is 0 Å². The monoisotopic (exact) mass is 490 g/mol. The molecule has 34 heavy (non-hydrogen) atoms. The molecule has 0 fully saturated rings. The van der Waals surface area contributed by atoms with E-state index in [-0.39, 0.29) is 24.0 Å². The van der Waals surface area contributed by atoms with E-state index in [0.29, 0.717) is 36.7 Å². The molecular weight excluding hydrogens is 456 g/mol. The molecule has 1 aliphatic rings. The normalized spacial score (nSPS) is 22.8. The van der Waals surface area contributed by atoms with Gasteiger partial charge in [0.15, 0.2) is 0 Å². The van der Waals surface area contributed by atoms with Crippen LogP contribution in [0.4, 0.5) is 5.69 Å². The third kappa shape index (κ3) is 6.91. The van der Waals surface area contributed by atoms with Crippen molar-refractivity contribution >= 4 is 21.6 Å². The van der Waals surface area contributed by atoms with Crippen molar-refractivity contribution in [3.05, 3.63) is 53.9 Å². The van der Waals surface area contributed by atoms with Crippen molar-refractivity contribution in [2.75, 3.05) is 44.8 Å². The summed E-state index contributed by atoms with van der Waals surface area (Å²) < 4.78 is 37.8. The zero-order chi connectivity index (χ0) is 24.9. The van der Waals surface area contributed by atoms with Crippen LogP contribution >= 0.6 is 0 Å². The fraction of sp³-hybridized carbons (Fsp3) is 0.500. The van der Waals surface area contributed by atoms with Crippen LogP contribution in [0.25, 0.3) is 0 Å². The number of nitrogens with zero attached hydrogens (tertiary/aromatic N) is 3. The Morgan fingerprint density at radius 3 is 2.62 bits per heavy atom. The zero-order valence-electron chi connectivity index (χ0n) is 20.4. The van der Waals surface area contributed by atoms with Crippen LogP contribution in [0.2, 0.25) is 0 Å². The van der Waals surface area contributed by atoms with Gasteiger partial charge in [0.1, 0.15) is 12.4 Å². The molecule has 9 nitrogen and oxygen atoms in total. The van der Waals surface area contributed by atoms with Gasteiger partial charge in [0.2, 0.25) is 10.0 Å². The first-order valence-corrected chi connectivity index (χ1v) is 13.1. The number of amides is 1. The summed E-state index contributed by atoms with van der Waals surface area (Å²) in [5.74, 6) is 0.262. The number of sulfonamides is 1. The minimum Gasteiger partial charge on any atom is -0.491 e. The van der Waals surface area contributed by atoms with Gasteiger partial charge in [-0.15, -0.1) is 0 Å². The van der Waals surface area contributed by atoms with Crippen LogP contribution in [0.1, 0.15) is 29.9 Å². The number of methoxy groups -OCH3 is 1. The molecule has 0 bridgehead atoms. The van der Waals surface area contributed by atoms with Crippen LogP contribution in [-0.2, 0) is 21.3 Å². The number of carbonyl (C=O) groups excluding carboxylic acids is 1. The Bertz CT molecular complexity index is 1080. The van der Waals surface area contributed by atoms with Gasteiger partial charge in [-0.05, 0) is 37.1 Å². The number of rotatable bonds is 5. The molecule has 2 heterocycles. The van der Waals surface area contributed by atoms with Gasteiger partial charge < -0.3 is 14.4 Å². The van der Waals surface area contributed by atoms with E-state index in [4.69, 9.17) is 9.47 Å². The Morgan fingerprint density at radius 1 is 1.21 bits per heavy atom. The molecule has 186 valence electrons. The van der Waals surface area contributed by atoms with E-state index in [1.54, 1.807) is 43.5 Å². The molecule has 0 radical (unpaired) electrons. The number of carbonyl (C=O) groups is 1. The molecule has 0 unspecified atom stereocenters. The van der Waals surface area contributed by atoms with Gasteiger partial charge in [-0.1, -0.05) is 13.0 Å². The average Bonchev–Trinajstić information content (AvgIpc) is 2.79. The first-order valence-electron chi connectivity index (χ1n) is 11.2. The summed E-state index contributed by atoms with van der Waals surface area (Å²) in [4.78, 5) is 21.6. The first-order chi connectivity index (χ1) is 16.1. The molecule has 0 saturated heterocycles. The second-order valence-electron chi connectivity index (χ2n) is 8.93. The van der Waals surface area contributed by atoms with Gasteiger partial charge in [0.25, 0.3) is 5.91 Å². The fourth-order valence-electron chi connectivity index (χ4n) is 4.04. The zero-order valence-corrected chi connectivity index (χ0v) is 21.2. The first kappa shape index (κ1) is 25.9. The van der Waals surface area contributed by atoms with E-state index in [9.17, 15) is 13.2 Å². The van der Waals surface area contributed by atoms with Gasteiger partial charge in [0.05, 0.1) is 29.3 Å². The number of hydrogen-bond acceptors (Lipinski definition) is 7. The summed E-state index contributed by atoms with van der Waals surface area (Å²) in [6.45, 7) is 6.27. The molecule has 1 aliphatic heterocycles. The molecule has 1 amide bonds. The largest absolute Gasteiger partial charge is 0.491 e. The lowest BCUT2D eigenvalue weighted by Gasteiger charge is -2.35. The molecule has 0 aliphatic carbocycles.